The van der Waals surface area contributed by atoms with Crippen LogP contribution in [-0.2, 0) is 14.8 Å². The van der Waals surface area contributed by atoms with E-state index in [1.165, 1.54) is 0 Å². The topological polar surface area (TPSA) is 75.7 Å². The molecule has 7 heteroatoms. The van der Waals surface area contributed by atoms with Crippen molar-refractivity contribution in [2.45, 2.75) is 32.9 Å². The summed E-state index contributed by atoms with van der Waals surface area (Å²) in [5.41, 5.74) is 1.36. The number of sulfonamides is 1. The zero-order valence-corrected chi connectivity index (χ0v) is 16.9. The number of rotatable bonds is 8. The van der Waals surface area contributed by atoms with Gasteiger partial charge in [0.15, 0.2) is 0 Å². The van der Waals surface area contributed by atoms with Gasteiger partial charge in [-0.3, -0.25) is 9.10 Å². The summed E-state index contributed by atoms with van der Waals surface area (Å²) in [5.74, 6) is 0.273. The molecule has 0 unspecified atom stereocenters. The van der Waals surface area contributed by atoms with Gasteiger partial charge in [0.1, 0.15) is 11.8 Å². The maximum absolute atomic E-state index is 12.7. The summed E-state index contributed by atoms with van der Waals surface area (Å²) in [7, 11) is -3.66. The van der Waals surface area contributed by atoms with E-state index < -0.39 is 16.1 Å². The van der Waals surface area contributed by atoms with E-state index in [9.17, 15) is 13.2 Å². The van der Waals surface area contributed by atoms with Crippen LogP contribution in [0.5, 0.6) is 5.75 Å². The van der Waals surface area contributed by atoms with Crippen LogP contribution in [0.2, 0.25) is 0 Å². The minimum atomic E-state index is -3.66. The van der Waals surface area contributed by atoms with Crippen molar-refractivity contribution in [3.8, 4) is 5.75 Å². The lowest BCUT2D eigenvalue weighted by molar-refractivity contribution is -0.122. The summed E-state index contributed by atoms with van der Waals surface area (Å²) in [6.07, 6.45) is 1.09. The van der Waals surface area contributed by atoms with E-state index in [1.54, 1.807) is 31.2 Å². The van der Waals surface area contributed by atoms with Crippen molar-refractivity contribution >= 4 is 21.6 Å². The summed E-state index contributed by atoms with van der Waals surface area (Å²) in [5, 5.41) is 2.88. The number of hydrogen-bond acceptors (Lipinski definition) is 4. The zero-order valence-electron chi connectivity index (χ0n) is 16.0. The molecule has 0 spiro atoms. The van der Waals surface area contributed by atoms with Gasteiger partial charge in [-0.25, -0.2) is 8.42 Å². The Hall–Kier alpha value is -2.54. The molecule has 1 amide bonds. The Bertz CT molecular complexity index is 851. The maximum Gasteiger partial charge on any atom is 0.244 e. The molecule has 2 atom stereocenters. The van der Waals surface area contributed by atoms with Crippen molar-refractivity contribution < 1.29 is 17.9 Å². The fraction of sp³-hybridized carbons (Fsp3) is 0.350. The molecular weight excluding hydrogens is 364 g/mol. The number of hydrogen-bond donors (Lipinski definition) is 1. The highest BCUT2D eigenvalue weighted by atomic mass is 32.2. The number of nitrogens with one attached hydrogen (secondary N) is 1. The summed E-state index contributed by atoms with van der Waals surface area (Å²) in [6, 6.07) is 15.0. The molecule has 2 aromatic rings. The van der Waals surface area contributed by atoms with E-state index in [0.29, 0.717) is 18.0 Å². The quantitative estimate of drug-likeness (QED) is 0.751. The van der Waals surface area contributed by atoms with Gasteiger partial charge in [0.25, 0.3) is 0 Å². The molecule has 146 valence electrons. The van der Waals surface area contributed by atoms with Crippen LogP contribution < -0.4 is 14.4 Å². The molecule has 0 aromatic heterocycles. The van der Waals surface area contributed by atoms with Gasteiger partial charge in [-0.15, -0.1) is 0 Å². The number of amides is 1. The van der Waals surface area contributed by atoms with Gasteiger partial charge in [0, 0.05) is 0 Å². The molecule has 0 fully saturated rings. The molecule has 2 aromatic carbocycles. The van der Waals surface area contributed by atoms with Crippen LogP contribution in [0.25, 0.3) is 0 Å². The third-order valence-electron chi connectivity index (χ3n) is 4.15. The van der Waals surface area contributed by atoms with Gasteiger partial charge in [-0.2, -0.15) is 0 Å². The summed E-state index contributed by atoms with van der Waals surface area (Å²) < 4.78 is 31.2. The highest BCUT2D eigenvalue weighted by Gasteiger charge is 2.29. The predicted octanol–water partition coefficient (Wildman–Crippen LogP) is 3.12. The van der Waals surface area contributed by atoms with Crippen molar-refractivity contribution in [1.82, 2.24) is 5.32 Å². The molecule has 0 radical (unpaired) electrons. The van der Waals surface area contributed by atoms with Crippen LogP contribution in [0.4, 0.5) is 5.69 Å². The second-order valence-electron chi connectivity index (χ2n) is 6.30. The van der Waals surface area contributed by atoms with Crippen molar-refractivity contribution in [1.29, 1.82) is 0 Å². The van der Waals surface area contributed by atoms with Crippen molar-refractivity contribution in [2.24, 2.45) is 0 Å². The van der Waals surface area contributed by atoms with Crippen molar-refractivity contribution in [3.63, 3.8) is 0 Å². The highest BCUT2D eigenvalue weighted by molar-refractivity contribution is 7.92. The monoisotopic (exact) mass is 390 g/mol. The van der Waals surface area contributed by atoms with Gasteiger partial charge in [-0.05, 0) is 50.6 Å². The molecule has 0 aliphatic heterocycles. The molecule has 1 N–H and O–H groups in total. The predicted molar refractivity (Wildman–Crippen MR) is 107 cm³/mol. The van der Waals surface area contributed by atoms with Crippen LogP contribution in [0.3, 0.4) is 0 Å². The lowest BCUT2D eigenvalue weighted by Crippen LogP contribution is -2.48. The average Bonchev–Trinajstić information content (AvgIpc) is 2.63. The molecule has 6 nitrogen and oxygen atoms in total. The van der Waals surface area contributed by atoms with Gasteiger partial charge in [0.05, 0.1) is 24.6 Å². The molecule has 0 bridgehead atoms. The third kappa shape index (κ3) is 5.47. The lowest BCUT2D eigenvalue weighted by Gasteiger charge is -2.29. The van der Waals surface area contributed by atoms with E-state index in [4.69, 9.17) is 4.74 Å². The zero-order chi connectivity index (χ0) is 20.0. The number of carbonyl (C=O) groups is 1. The van der Waals surface area contributed by atoms with Gasteiger partial charge < -0.3 is 10.1 Å². The molecule has 0 aliphatic rings. The van der Waals surface area contributed by atoms with Crippen LogP contribution in [0.15, 0.2) is 54.6 Å². The molecule has 0 aliphatic carbocycles. The van der Waals surface area contributed by atoms with E-state index in [1.807, 2.05) is 44.2 Å². The molecule has 27 heavy (non-hydrogen) atoms. The molecule has 0 saturated heterocycles. The third-order valence-corrected chi connectivity index (χ3v) is 5.39. The first-order valence-corrected chi connectivity index (χ1v) is 10.7. The number of ether oxygens (including phenoxy) is 1. The Kier molecular flexibility index (Phi) is 6.85. The van der Waals surface area contributed by atoms with E-state index in [2.05, 4.69) is 5.32 Å². The number of nitrogens with zero attached hydrogens (tertiary/aromatic N) is 1. The Morgan fingerprint density at radius 2 is 1.67 bits per heavy atom. The van der Waals surface area contributed by atoms with Crippen molar-refractivity contribution in [3.05, 3.63) is 60.2 Å². The summed E-state index contributed by atoms with van der Waals surface area (Å²) >= 11 is 0. The fourth-order valence-corrected chi connectivity index (χ4v) is 4.00. The van der Waals surface area contributed by atoms with Crippen molar-refractivity contribution in [2.75, 3.05) is 17.2 Å². The Balaban J connectivity index is 2.21. The summed E-state index contributed by atoms with van der Waals surface area (Å²) in [6.45, 7) is 5.83. The minimum absolute atomic E-state index is 0.233. The minimum Gasteiger partial charge on any atom is -0.494 e. The summed E-state index contributed by atoms with van der Waals surface area (Å²) in [4.78, 5) is 12.7. The smallest absolute Gasteiger partial charge is 0.244 e. The Labute approximate surface area is 161 Å². The molecule has 2 rings (SSSR count). The normalized spacial score (nSPS) is 13.5. The van der Waals surface area contributed by atoms with E-state index in [-0.39, 0.29) is 11.9 Å². The molecule has 0 heterocycles. The largest absolute Gasteiger partial charge is 0.494 e. The lowest BCUT2D eigenvalue weighted by atomic mass is 10.1. The second kappa shape index (κ2) is 8.90. The maximum atomic E-state index is 12.7. The number of carbonyl (C=O) groups excluding carboxylic acids is 1. The number of anilines is 1. The van der Waals surface area contributed by atoms with Crippen LogP contribution in [-0.4, -0.2) is 33.2 Å². The first-order chi connectivity index (χ1) is 12.7. The van der Waals surface area contributed by atoms with Gasteiger partial charge >= 0.3 is 0 Å². The SMILES string of the molecule is CCOc1ccc(N([C@H](C)C(=O)N[C@@H](C)c2ccccc2)S(C)(=O)=O)cc1. The molecular formula is C20H26N2O4S. The highest BCUT2D eigenvalue weighted by Crippen LogP contribution is 2.24. The van der Waals surface area contributed by atoms with Crippen LogP contribution in [0, 0.1) is 0 Å². The fourth-order valence-electron chi connectivity index (χ4n) is 2.82. The number of benzene rings is 2. The van der Waals surface area contributed by atoms with Gasteiger partial charge in [0.2, 0.25) is 15.9 Å². The standard InChI is InChI=1S/C20H26N2O4S/c1-5-26-19-13-11-18(12-14-19)22(27(4,24)25)16(3)20(23)21-15(2)17-9-7-6-8-10-17/h6-16H,5H2,1-4H3,(H,21,23)/t15-,16+/m0/s1. The van der Waals surface area contributed by atoms with E-state index >= 15 is 0 Å². The van der Waals surface area contributed by atoms with Crippen LogP contribution >= 0.6 is 0 Å². The average molecular weight is 391 g/mol. The van der Waals surface area contributed by atoms with Crippen LogP contribution in [0.1, 0.15) is 32.4 Å². The first-order valence-electron chi connectivity index (χ1n) is 8.81. The first kappa shape index (κ1) is 20.8. The van der Waals surface area contributed by atoms with Gasteiger partial charge in [-0.1, -0.05) is 30.3 Å². The Morgan fingerprint density at radius 3 is 2.19 bits per heavy atom. The molecule has 0 saturated carbocycles. The Morgan fingerprint density at radius 1 is 1.07 bits per heavy atom. The second-order valence-corrected chi connectivity index (χ2v) is 8.16. The van der Waals surface area contributed by atoms with E-state index in [0.717, 1.165) is 16.1 Å².